The molecular formula is C18H20N4OS2. The largest absolute Gasteiger partial charge is 0.486 e. The maximum absolute atomic E-state index is 5.83. The first-order chi connectivity index (χ1) is 11.9. The molecule has 2 aromatic heterocycles. The molecule has 0 atom stereocenters. The molecule has 0 spiro atoms. The Morgan fingerprint density at radius 1 is 1.28 bits per heavy atom. The van der Waals surface area contributed by atoms with Gasteiger partial charge in [-0.15, -0.1) is 11.3 Å². The molecule has 2 heterocycles. The summed E-state index contributed by atoms with van der Waals surface area (Å²) in [5, 5.41) is 13.3. The number of ether oxygens (including phenoxy) is 1. The Bertz CT molecular complexity index is 900. The Balaban J connectivity index is 1.71. The van der Waals surface area contributed by atoms with E-state index in [1.54, 1.807) is 22.2 Å². The zero-order valence-corrected chi connectivity index (χ0v) is 16.0. The molecule has 0 radical (unpaired) electrons. The van der Waals surface area contributed by atoms with Crippen LogP contribution in [-0.2, 0) is 12.0 Å². The summed E-state index contributed by atoms with van der Waals surface area (Å²) >= 11 is 6.85. The van der Waals surface area contributed by atoms with Gasteiger partial charge in [0.2, 0.25) is 4.77 Å². The fourth-order valence-corrected chi connectivity index (χ4v) is 2.99. The van der Waals surface area contributed by atoms with Gasteiger partial charge in [0.05, 0.1) is 6.21 Å². The zero-order valence-electron chi connectivity index (χ0n) is 14.4. The molecule has 0 aliphatic carbocycles. The van der Waals surface area contributed by atoms with Gasteiger partial charge in [0.1, 0.15) is 12.4 Å². The Morgan fingerprint density at radius 3 is 2.68 bits per heavy atom. The lowest BCUT2D eigenvalue weighted by Crippen LogP contribution is -2.10. The predicted molar refractivity (Wildman–Crippen MR) is 104 cm³/mol. The highest BCUT2D eigenvalue weighted by atomic mass is 32.1. The number of benzene rings is 1. The monoisotopic (exact) mass is 372 g/mol. The smallest absolute Gasteiger partial charge is 0.216 e. The van der Waals surface area contributed by atoms with Crippen LogP contribution in [0.4, 0.5) is 0 Å². The SMILES string of the molecule is CC(C)(C)c1ccc(OCc2n[nH]c(=S)n2/N=C\c2cccs2)cc1. The Hall–Kier alpha value is -2.25. The van der Waals surface area contributed by atoms with Crippen LogP contribution in [0.2, 0.25) is 0 Å². The van der Waals surface area contributed by atoms with Gasteiger partial charge in [-0.2, -0.15) is 14.9 Å². The highest BCUT2D eigenvalue weighted by Crippen LogP contribution is 2.24. The summed E-state index contributed by atoms with van der Waals surface area (Å²) in [5.74, 6) is 1.41. The molecule has 3 aromatic rings. The van der Waals surface area contributed by atoms with Gasteiger partial charge >= 0.3 is 0 Å². The Labute approximate surface area is 156 Å². The molecule has 0 fully saturated rings. The van der Waals surface area contributed by atoms with Crippen LogP contribution in [0.25, 0.3) is 0 Å². The number of hydrogen-bond donors (Lipinski definition) is 1. The summed E-state index contributed by atoms with van der Waals surface area (Å²) in [7, 11) is 0. The summed E-state index contributed by atoms with van der Waals surface area (Å²) in [5.41, 5.74) is 1.39. The summed E-state index contributed by atoms with van der Waals surface area (Å²) in [4.78, 5) is 1.05. The Morgan fingerprint density at radius 2 is 2.04 bits per heavy atom. The van der Waals surface area contributed by atoms with E-state index in [2.05, 4.69) is 48.2 Å². The highest BCUT2D eigenvalue weighted by molar-refractivity contribution is 7.71. The maximum atomic E-state index is 5.83. The lowest BCUT2D eigenvalue weighted by molar-refractivity contribution is 0.290. The van der Waals surface area contributed by atoms with Crippen LogP contribution in [0.15, 0.2) is 46.9 Å². The van der Waals surface area contributed by atoms with Crippen LogP contribution in [0, 0.1) is 4.77 Å². The van der Waals surface area contributed by atoms with Gasteiger partial charge in [-0.05, 0) is 46.8 Å². The van der Waals surface area contributed by atoms with Crippen LogP contribution in [-0.4, -0.2) is 21.1 Å². The minimum absolute atomic E-state index is 0.122. The van der Waals surface area contributed by atoms with Gasteiger partial charge in [0, 0.05) is 4.88 Å². The fraction of sp³-hybridized carbons (Fsp3) is 0.278. The molecule has 0 bridgehead atoms. The van der Waals surface area contributed by atoms with Crippen LogP contribution >= 0.6 is 23.6 Å². The average Bonchev–Trinajstić information content (AvgIpc) is 3.20. The van der Waals surface area contributed by atoms with E-state index in [4.69, 9.17) is 17.0 Å². The Kier molecular flexibility index (Phi) is 5.15. The van der Waals surface area contributed by atoms with Crippen molar-refractivity contribution in [1.82, 2.24) is 14.9 Å². The molecule has 0 aliphatic heterocycles. The summed E-state index contributed by atoms with van der Waals surface area (Å²) in [6, 6.07) is 12.1. The summed E-state index contributed by atoms with van der Waals surface area (Å²) in [6.45, 7) is 6.84. The number of aromatic nitrogens is 3. The van der Waals surface area contributed by atoms with Crippen molar-refractivity contribution in [2.45, 2.75) is 32.8 Å². The number of nitrogens with one attached hydrogen (secondary N) is 1. The second-order valence-electron chi connectivity index (χ2n) is 6.58. The van der Waals surface area contributed by atoms with E-state index >= 15 is 0 Å². The van der Waals surface area contributed by atoms with Gasteiger partial charge < -0.3 is 4.74 Å². The van der Waals surface area contributed by atoms with Gasteiger partial charge in [-0.25, -0.2) is 5.10 Å². The van der Waals surface area contributed by atoms with Crippen molar-refractivity contribution in [3.8, 4) is 5.75 Å². The van der Waals surface area contributed by atoms with Crippen molar-refractivity contribution in [3.05, 3.63) is 62.8 Å². The van der Waals surface area contributed by atoms with Crippen molar-refractivity contribution < 1.29 is 4.74 Å². The molecule has 0 saturated heterocycles. The molecule has 7 heteroatoms. The minimum Gasteiger partial charge on any atom is -0.486 e. The minimum atomic E-state index is 0.122. The molecule has 0 aliphatic rings. The normalized spacial score (nSPS) is 12.0. The molecule has 130 valence electrons. The van der Waals surface area contributed by atoms with Crippen molar-refractivity contribution in [2.24, 2.45) is 5.10 Å². The van der Waals surface area contributed by atoms with E-state index in [1.165, 1.54) is 5.56 Å². The average molecular weight is 373 g/mol. The molecule has 3 rings (SSSR count). The maximum Gasteiger partial charge on any atom is 0.216 e. The number of aromatic amines is 1. The van der Waals surface area contributed by atoms with Crippen LogP contribution in [0.3, 0.4) is 0 Å². The number of hydrogen-bond acceptors (Lipinski definition) is 5. The first-order valence-electron chi connectivity index (χ1n) is 7.91. The molecule has 0 amide bonds. The van der Waals surface area contributed by atoms with Crippen molar-refractivity contribution in [2.75, 3.05) is 0 Å². The van der Waals surface area contributed by atoms with E-state index in [9.17, 15) is 0 Å². The highest BCUT2D eigenvalue weighted by Gasteiger charge is 2.13. The summed E-state index contributed by atoms with van der Waals surface area (Å²) in [6.07, 6.45) is 1.76. The van der Waals surface area contributed by atoms with Crippen LogP contribution in [0.1, 0.15) is 37.0 Å². The molecule has 1 aromatic carbocycles. The number of rotatable bonds is 5. The molecule has 0 unspecified atom stereocenters. The third-order valence-electron chi connectivity index (χ3n) is 3.65. The number of H-pyrrole nitrogens is 1. The molecule has 25 heavy (non-hydrogen) atoms. The predicted octanol–water partition coefficient (Wildman–Crippen LogP) is 4.76. The lowest BCUT2D eigenvalue weighted by Gasteiger charge is -2.19. The van der Waals surface area contributed by atoms with Gasteiger partial charge in [0.15, 0.2) is 5.82 Å². The molecular weight excluding hydrogens is 352 g/mol. The van der Waals surface area contributed by atoms with E-state index < -0.39 is 0 Å². The molecule has 1 N–H and O–H groups in total. The third-order valence-corrected chi connectivity index (χ3v) is 4.72. The lowest BCUT2D eigenvalue weighted by atomic mass is 9.87. The molecule has 0 saturated carbocycles. The van der Waals surface area contributed by atoms with E-state index in [0.29, 0.717) is 10.6 Å². The van der Waals surface area contributed by atoms with Crippen molar-refractivity contribution >= 4 is 29.8 Å². The van der Waals surface area contributed by atoms with Crippen LogP contribution in [0.5, 0.6) is 5.75 Å². The van der Waals surface area contributed by atoms with E-state index in [0.717, 1.165) is 10.6 Å². The zero-order chi connectivity index (χ0) is 17.9. The standard InChI is InChI=1S/C18H20N4OS2/c1-18(2,3)13-6-8-14(9-7-13)23-12-16-20-21-17(24)22(16)19-11-15-5-4-10-25-15/h4-11H,12H2,1-3H3,(H,21,24)/b19-11-. The van der Waals surface area contributed by atoms with Gasteiger partial charge in [-0.1, -0.05) is 39.0 Å². The fourth-order valence-electron chi connectivity index (χ4n) is 2.22. The topological polar surface area (TPSA) is 55.2 Å². The van der Waals surface area contributed by atoms with E-state index in [-0.39, 0.29) is 12.0 Å². The quantitative estimate of drug-likeness (QED) is 0.519. The summed E-state index contributed by atoms with van der Waals surface area (Å²) < 4.78 is 7.85. The van der Waals surface area contributed by atoms with Gasteiger partial charge in [0.25, 0.3) is 0 Å². The van der Waals surface area contributed by atoms with Gasteiger partial charge in [-0.3, -0.25) is 0 Å². The molecule has 5 nitrogen and oxygen atoms in total. The second kappa shape index (κ2) is 7.33. The van der Waals surface area contributed by atoms with Crippen molar-refractivity contribution in [1.29, 1.82) is 0 Å². The van der Waals surface area contributed by atoms with Crippen LogP contribution < -0.4 is 4.74 Å². The number of nitrogens with zero attached hydrogens (tertiary/aromatic N) is 3. The van der Waals surface area contributed by atoms with Crippen molar-refractivity contribution in [3.63, 3.8) is 0 Å². The first kappa shape index (κ1) is 17.6. The first-order valence-corrected chi connectivity index (χ1v) is 9.20. The third kappa shape index (κ3) is 4.43. The second-order valence-corrected chi connectivity index (χ2v) is 7.95. The number of thiophene rings is 1. The van der Waals surface area contributed by atoms with E-state index in [1.807, 2.05) is 29.6 Å².